The zero-order valence-electron chi connectivity index (χ0n) is 30.5. The molecule has 0 aliphatic heterocycles. The molecule has 276 valence electrons. The number of alkyl halides is 3. The average Bonchev–Trinajstić information content (AvgIpc) is 3.11. The molecule has 0 amide bonds. The van der Waals surface area contributed by atoms with Gasteiger partial charge in [0.1, 0.15) is 0 Å². The molecule has 3 aromatic rings. The molecule has 2 atom stereocenters. The van der Waals surface area contributed by atoms with Crippen molar-refractivity contribution in [1.82, 2.24) is 4.98 Å². The third kappa shape index (κ3) is 15.8. The summed E-state index contributed by atoms with van der Waals surface area (Å²) < 4.78 is 43.9. The van der Waals surface area contributed by atoms with E-state index in [0.717, 1.165) is 53.3 Å². The normalized spacial score (nSPS) is 13.0. The molecular weight excluding hydrogens is 635 g/mol. The standard InChI is InChI=1S/C43H60F3NO3/c1-3-4-5-6-7-8-9-10-11-12-13-14-18-25-39-29-27-38(33-47-39)41-32-37(28-30-40(41)36-21-16-15-17-22-36)35(23-19-26-42(48)49)24-20-31-50-34(2)43(44,45)46/h15-17,21-22,27-30,32-35H,3-14,18-20,23-26,31H2,1-2H3,(H,48,49). The van der Waals surface area contributed by atoms with E-state index in [-0.39, 0.29) is 18.9 Å². The van der Waals surface area contributed by atoms with Gasteiger partial charge < -0.3 is 9.84 Å². The molecule has 0 radical (unpaired) electrons. The van der Waals surface area contributed by atoms with Crippen molar-refractivity contribution in [2.24, 2.45) is 0 Å². The molecule has 1 N–H and O–H groups in total. The summed E-state index contributed by atoms with van der Waals surface area (Å²) in [6.45, 7) is 3.29. The maximum Gasteiger partial charge on any atom is 0.414 e. The molecule has 4 nitrogen and oxygen atoms in total. The molecule has 0 aliphatic rings. The first-order chi connectivity index (χ1) is 24.2. The van der Waals surface area contributed by atoms with Gasteiger partial charge in [-0.1, -0.05) is 139 Å². The van der Waals surface area contributed by atoms with E-state index in [1.54, 1.807) is 0 Å². The minimum atomic E-state index is -4.39. The Labute approximate surface area is 299 Å². The van der Waals surface area contributed by atoms with Crippen molar-refractivity contribution in [3.63, 3.8) is 0 Å². The van der Waals surface area contributed by atoms with E-state index in [1.807, 2.05) is 24.4 Å². The topological polar surface area (TPSA) is 59.4 Å². The number of hydrogen-bond acceptors (Lipinski definition) is 3. The Bertz CT molecular complexity index is 1340. The first-order valence-corrected chi connectivity index (χ1v) is 19.2. The molecule has 1 heterocycles. The molecule has 2 aromatic carbocycles. The number of hydrogen-bond donors (Lipinski definition) is 1. The second kappa shape index (κ2) is 23.3. The number of halogens is 3. The second-order valence-electron chi connectivity index (χ2n) is 13.9. The highest BCUT2D eigenvalue weighted by molar-refractivity contribution is 5.83. The number of benzene rings is 2. The predicted octanol–water partition coefficient (Wildman–Crippen LogP) is 13.1. The monoisotopic (exact) mass is 695 g/mol. The van der Waals surface area contributed by atoms with Gasteiger partial charge in [0, 0.05) is 30.5 Å². The van der Waals surface area contributed by atoms with Crippen molar-refractivity contribution in [1.29, 1.82) is 0 Å². The quantitative estimate of drug-likeness (QED) is 0.0849. The molecule has 0 aliphatic carbocycles. The number of ether oxygens (including phenoxy) is 1. The summed E-state index contributed by atoms with van der Waals surface area (Å²) in [6, 6.07) is 20.8. The Morgan fingerprint density at radius 3 is 1.94 bits per heavy atom. The van der Waals surface area contributed by atoms with E-state index < -0.39 is 18.2 Å². The minimum absolute atomic E-state index is 0.00427. The Morgan fingerprint density at radius 1 is 0.740 bits per heavy atom. The fraction of sp³-hybridized carbons (Fsp3) is 0.581. The van der Waals surface area contributed by atoms with Crippen LogP contribution >= 0.6 is 0 Å². The van der Waals surface area contributed by atoms with Crippen molar-refractivity contribution in [3.05, 3.63) is 78.1 Å². The molecule has 7 heteroatoms. The number of aliphatic carboxylic acids is 1. The van der Waals surface area contributed by atoms with Crippen LogP contribution in [0.15, 0.2) is 66.9 Å². The molecule has 0 bridgehead atoms. The van der Waals surface area contributed by atoms with Crippen LogP contribution in [0.1, 0.15) is 147 Å². The van der Waals surface area contributed by atoms with Crippen molar-refractivity contribution < 1.29 is 27.8 Å². The molecule has 3 rings (SSSR count). The largest absolute Gasteiger partial charge is 0.481 e. The lowest BCUT2D eigenvalue weighted by Gasteiger charge is -2.21. The molecule has 1 aromatic heterocycles. The predicted molar refractivity (Wildman–Crippen MR) is 199 cm³/mol. The van der Waals surface area contributed by atoms with Crippen LogP contribution < -0.4 is 0 Å². The van der Waals surface area contributed by atoms with Gasteiger partial charge in [-0.05, 0) is 79.7 Å². The van der Waals surface area contributed by atoms with Crippen LogP contribution in [0.25, 0.3) is 22.3 Å². The Morgan fingerprint density at radius 2 is 1.36 bits per heavy atom. The first kappa shape index (κ1) is 41.2. The van der Waals surface area contributed by atoms with Crippen LogP contribution in [0.3, 0.4) is 0 Å². The number of carbonyl (C=O) groups is 1. The number of carboxylic acid groups (broad SMARTS) is 1. The van der Waals surface area contributed by atoms with Gasteiger partial charge in [-0.15, -0.1) is 0 Å². The van der Waals surface area contributed by atoms with Crippen molar-refractivity contribution >= 4 is 5.97 Å². The van der Waals surface area contributed by atoms with E-state index in [1.165, 1.54) is 77.0 Å². The Hall–Kier alpha value is -3.19. The van der Waals surface area contributed by atoms with E-state index in [4.69, 9.17) is 9.72 Å². The third-order valence-corrected chi connectivity index (χ3v) is 9.74. The van der Waals surface area contributed by atoms with Crippen LogP contribution in [-0.2, 0) is 16.0 Å². The molecule has 0 saturated carbocycles. The minimum Gasteiger partial charge on any atom is -0.481 e. The molecule has 50 heavy (non-hydrogen) atoms. The Balaban J connectivity index is 1.62. The van der Waals surface area contributed by atoms with Gasteiger partial charge in [0.05, 0.1) is 0 Å². The van der Waals surface area contributed by atoms with Crippen molar-refractivity contribution in [2.45, 2.75) is 154 Å². The number of unbranched alkanes of at least 4 members (excludes halogenated alkanes) is 12. The lowest BCUT2D eigenvalue weighted by molar-refractivity contribution is -0.214. The van der Waals surface area contributed by atoms with Gasteiger partial charge in [-0.25, -0.2) is 0 Å². The highest BCUT2D eigenvalue weighted by Crippen LogP contribution is 2.37. The maximum absolute atomic E-state index is 12.9. The molecule has 0 spiro atoms. The number of carboxylic acids is 1. The van der Waals surface area contributed by atoms with Crippen LogP contribution in [-0.4, -0.2) is 34.9 Å². The Kier molecular flexibility index (Phi) is 19.2. The molecule has 2 unspecified atom stereocenters. The lowest BCUT2D eigenvalue weighted by Crippen LogP contribution is -2.28. The van der Waals surface area contributed by atoms with E-state index in [9.17, 15) is 23.1 Å². The first-order valence-electron chi connectivity index (χ1n) is 19.2. The summed E-state index contributed by atoms with van der Waals surface area (Å²) in [7, 11) is 0. The van der Waals surface area contributed by atoms with Crippen LogP contribution in [0.2, 0.25) is 0 Å². The summed E-state index contributed by atoms with van der Waals surface area (Å²) in [5.74, 6) is -0.860. The summed E-state index contributed by atoms with van der Waals surface area (Å²) in [6.07, 6.45) is 16.2. The summed E-state index contributed by atoms with van der Waals surface area (Å²) in [5.41, 5.74) is 6.35. The van der Waals surface area contributed by atoms with E-state index in [0.29, 0.717) is 25.7 Å². The number of aromatic nitrogens is 1. The number of nitrogens with zero attached hydrogens (tertiary/aromatic N) is 1. The number of pyridine rings is 1. The molecule has 0 saturated heterocycles. The van der Waals surface area contributed by atoms with Crippen LogP contribution in [0.5, 0.6) is 0 Å². The fourth-order valence-electron chi connectivity index (χ4n) is 6.64. The fourth-order valence-corrected chi connectivity index (χ4v) is 6.64. The molecule has 0 fully saturated rings. The summed E-state index contributed by atoms with van der Waals surface area (Å²) >= 11 is 0. The molecular formula is C43H60F3NO3. The summed E-state index contributed by atoms with van der Waals surface area (Å²) in [4.78, 5) is 16.1. The average molecular weight is 696 g/mol. The van der Waals surface area contributed by atoms with E-state index >= 15 is 0 Å². The van der Waals surface area contributed by atoms with Crippen LogP contribution in [0.4, 0.5) is 13.2 Å². The van der Waals surface area contributed by atoms with Gasteiger partial charge in [0.15, 0.2) is 6.10 Å². The third-order valence-electron chi connectivity index (χ3n) is 9.74. The lowest BCUT2D eigenvalue weighted by atomic mass is 9.85. The van der Waals surface area contributed by atoms with Crippen molar-refractivity contribution in [2.75, 3.05) is 6.61 Å². The SMILES string of the molecule is CCCCCCCCCCCCCCCc1ccc(-c2cc(C(CCCOC(C)C(F)(F)F)CCCC(=O)O)ccc2-c2ccccc2)cn1. The number of rotatable bonds is 26. The number of aryl methyl sites for hydroxylation is 1. The van der Waals surface area contributed by atoms with Gasteiger partial charge >= 0.3 is 12.1 Å². The zero-order valence-corrected chi connectivity index (χ0v) is 30.5. The maximum atomic E-state index is 12.9. The van der Waals surface area contributed by atoms with Gasteiger partial charge in [0.2, 0.25) is 0 Å². The smallest absolute Gasteiger partial charge is 0.414 e. The van der Waals surface area contributed by atoms with Gasteiger partial charge in [0.25, 0.3) is 0 Å². The van der Waals surface area contributed by atoms with E-state index in [2.05, 4.69) is 49.4 Å². The highest BCUT2D eigenvalue weighted by atomic mass is 19.4. The van der Waals surface area contributed by atoms with Gasteiger partial charge in [-0.2, -0.15) is 13.2 Å². The van der Waals surface area contributed by atoms with Crippen molar-refractivity contribution in [3.8, 4) is 22.3 Å². The zero-order chi connectivity index (χ0) is 36.0. The second-order valence-corrected chi connectivity index (χ2v) is 13.9. The highest BCUT2D eigenvalue weighted by Gasteiger charge is 2.36. The van der Waals surface area contributed by atoms with Crippen LogP contribution in [0, 0.1) is 0 Å². The van der Waals surface area contributed by atoms with Gasteiger partial charge in [-0.3, -0.25) is 9.78 Å². The summed E-state index contributed by atoms with van der Waals surface area (Å²) in [5, 5.41) is 9.25.